The van der Waals surface area contributed by atoms with Crippen LogP contribution in [0.1, 0.15) is 24.0 Å². The molecule has 0 radical (unpaired) electrons. The molecule has 2 aromatic carbocycles. The van der Waals surface area contributed by atoms with Crippen LogP contribution in [0, 0.1) is 0 Å². The first kappa shape index (κ1) is 13.8. The molecule has 0 spiro atoms. The van der Waals surface area contributed by atoms with Crippen molar-refractivity contribution in [3.63, 3.8) is 0 Å². The Balaban J connectivity index is 1.75. The minimum Gasteiger partial charge on any atom is -0.253 e. The second kappa shape index (κ2) is 5.72. The molecule has 4 heteroatoms. The molecule has 2 heterocycles. The molecule has 1 atom stereocenters. The van der Waals surface area contributed by atoms with Crippen molar-refractivity contribution in [1.29, 1.82) is 0 Å². The fourth-order valence-corrected chi connectivity index (χ4v) is 3.08. The van der Waals surface area contributed by atoms with Crippen LogP contribution in [-0.2, 0) is 6.42 Å². The maximum absolute atomic E-state index is 4.50. The third-order valence-electron chi connectivity index (χ3n) is 4.22. The van der Waals surface area contributed by atoms with Crippen molar-refractivity contribution in [2.75, 3.05) is 0 Å². The summed E-state index contributed by atoms with van der Waals surface area (Å²) in [6.07, 6.45) is 6.26. The average Bonchev–Trinajstić information content (AvgIpc) is 2.61. The standard InChI is InChI=1S/C19H16N4/c1-13(16-12-22-23-17-7-3-2-6-15(16)17)11-14-5-4-8-18-19(14)21-10-9-20-18/h2-10,12-13H,11H2,1H3. The molecule has 112 valence electrons. The van der Waals surface area contributed by atoms with Crippen LogP contribution in [0.2, 0.25) is 0 Å². The van der Waals surface area contributed by atoms with Crippen LogP contribution in [0.15, 0.2) is 61.1 Å². The lowest BCUT2D eigenvalue weighted by molar-refractivity contribution is 0.760. The van der Waals surface area contributed by atoms with Gasteiger partial charge in [0.05, 0.1) is 22.7 Å². The van der Waals surface area contributed by atoms with Gasteiger partial charge in [0.2, 0.25) is 0 Å². The van der Waals surface area contributed by atoms with Gasteiger partial charge in [-0.2, -0.15) is 10.2 Å². The fourth-order valence-electron chi connectivity index (χ4n) is 3.08. The van der Waals surface area contributed by atoms with Crippen molar-refractivity contribution in [2.45, 2.75) is 19.3 Å². The van der Waals surface area contributed by atoms with Crippen LogP contribution in [0.4, 0.5) is 0 Å². The molecule has 23 heavy (non-hydrogen) atoms. The number of hydrogen-bond acceptors (Lipinski definition) is 4. The van der Waals surface area contributed by atoms with Crippen LogP contribution in [-0.4, -0.2) is 20.2 Å². The highest BCUT2D eigenvalue weighted by Crippen LogP contribution is 2.27. The van der Waals surface area contributed by atoms with Crippen LogP contribution in [0.25, 0.3) is 21.9 Å². The first-order valence-electron chi connectivity index (χ1n) is 7.72. The topological polar surface area (TPSA) is 51.6 Å². The van der Waals surface area contributed by atoms with E-state index >= 15 is 0 Å². The molecule has 1 unspecified atom stereocenters. The van der Waals surface area contributed by atoms with E-state index in [1.54, 1.807) is 12.4 Å². The molecule has 4 nitrogen and oxygen atoms in total. The summed E-state index contributed by atoms with van der Waals surface area (Å²) in [5.74, 6) is 0.322. The first-order valence-corrected chi connectivity index (χ1v) is 7.72. The lowest BCUT2D eigenvalue weighted by Gasteiger charge is -2.14. The van der Waals surface area contributed by atoms with Gasteiger partial charge in [0.25, 0.3) is 0 Å². The molecular weight excluding hydrogens is 284 g/mol. The maximum atomic E-state index is 4.50. The summed E-state index contributed by atoms with van der Waals surface area (Å²) in [4.78, 5) is 8.89. The molecule has 0 saturated heterocycles. The maximum Gasteiger partial charge on any atom is 0.0932 e. The van der Waals surface area contributed by atoms with Crippen molar-refractivity contribution >= 4 is 21.9 Å². The Kier molecular flexibility index (Phi) is 3.42. The summed E-state index contributed by atoms with van der Waals surface area (Å²) in [7, 11) is 0. The summed E-state index contributed by atoms with van der Waals surface area (Å²) in [6, 6.07) is 14.3. The summed E-state index contributed by atoms with van der Waals surface area (Å²) in [6.45, 7) is 2.22. The predicted molar refractivity (Wildman–Crippen MR) is 91.2 cm³/mol. The predicted octanol–water partition coefficient (Wildman–Crippen LogP) is 3.92. The highest BCUT2D eigenvalue weighted by molar-refractivity contribution is 5.82. The smallest absolute Gasteiger partial charge is 0.0932 e. The Morgan fingerprint density at radius 2 is 1.74 bits per heavy atom. The second-order valence-corrected chi connectivity index (χ2v) is 5.76. The number of nitrogens with zero attached hydrogens (tertiary/aromatic N) is 4. The van der Waals surface area contributed by atoms with E-state index in [0.717, 1.165) is 23.0 Å². The largest absolute Gasteiger partial charge is 0.253 e. The van der Waals surface area contributed by atoms with Gasteiger partial charge in [-0.25, -0.2) is 0 Å². The summed E-state index contributed by atoms with van der Waals surface area (Å²) in [5, 5.41) is 9.54. The third kappa shape index (κ3) is 2.52. The molecule has 4 aromatic rings. The van der Waals surface area contributed by atoms with Gasteiger partial charge in [-0.1, -0.05) is 37.3 Å². The molecule has 0 saturated carbocycles. The number of fused-ring (bicyclic) bond motifs is 2. The van der Waals surface area contributed by atoms with E-state index in [9.17, 15) is 0 Å². The fraction of sp³-hybridized carbons (Fsp3) is 0.158. The van der Waals surface area contributed by atoms with E-state index in [0.29, 0.717) is 5.92 Å². The molecule has 0 aliphatic heterocycles. The lowest BCUT2D eigenvalue weighted by atomic mass is 9.92. The highest BCUT2D eigenvalue weighted by Gasteiger charge is 2.13. The number of benzene rings is 2. The van der Waals surface area contributed by atoms with E-state index in [1.807, 2.05) is 36.5 Å². The van der Waals surface area contributed by atoms with Gasteiger partial charge < -0.3 is 0 Å². The summed E-state index contributed by atoms with van der Waals surface area (Å²) < 4.78 is 0. The Morgan fingerprint density at radius 3 is 2.70 bits per heavy atom. The molecule has 4 rings (SSSR count). The van der Waals surface area contributed by atoms with Crippen molar-refractivity contribution < 1.29 is 0 Å². The number of hydrogen-bond donors (Lipinski definition) is 0. The Labute approximate surface area is 134 Å². The van der Waals surface area contributed by atoms with Gasteiger partial charge in [0, 0.05) is 17.8 Å². The average molecular weight is 300 g/mol. The summed E-state index contributed by atoms with van der Waals surface area (Å²) >= 11 is 0. The molecule has 0 fully saturated rings. The normalized spacial score (nSPS) is 12.6. The van der Waals surface area contributed by atoms with Gasteiger partial charge in [0.1, 0.15) is 0 Å². The van der Waals surface area contributed by atoms with Gasteiger partial charge in [0.15, 0.2) is 0 Å². The van der Waals surface area contributed by atoms with Crippen molar-refractivity contribution in [2.24, 2.45) is 0 Å². The highest BCUT2D eigenvalue weighted by atomic mass is 15.1. The molecule has 0 aliphatic rings. The third-order valence-corrected chi connectivity index (χ3v) is 4.22. The molecule has 0 bridgehead atoms. The minimum absolute atomic E-state index is 0.322. The van der Waals surface area contributed by atoms with Crippen LogP contribution in [0.5, 0.6) is 0 Å². The zero-order valence-electron chi connectivity index (χ0n) is 12.8. The first-order chi connectivity index (χ1) is 11.3. The van der Waals surface area contributed by atoms with Gasteiger partial charge in [-0.05, 0) is 35.6 Å². The second-order valence-electron chi connectivity index (χ2n) is 5.76. The number of aromatic nitrogens is 4. The zero-order valence-corrected chi connectivity index (χ0v) is 12.8. The van der Waals surface area contributed by atoms with E-state index in [-0.39, 0.29) is 0 Å². The molecule has 0 N–H and O–H groups in total. The zero-order chi connectivity index (χ0) is 15.6. The van der Waals surface area contributed by atoms with E-state index in [1.165, 1.54) is 16.5 Å². The van der Waals surface area contributed by atoms with Gasteiger partial charge >= 0.3 is 0 Å². The SMILES string of the molecule is CC(Cc1cccc2nccnc12)c1cnnc2ccccc12. The van der Waals surface area contributed by atoms with Gasteiger partial charge in [-0.15, -0.1) is 0 Å². The lowest BCUT2D eigenvalue weighted by Crippen LogP contribution is -2.02. The van der Waals surface area contributed by atoms with E-state index in [2.05, 4.69) is 39.2 Å². The molecule has 0 aliphatic carbocycles. The van der Waals surface area contributed by atoms with Gasteiger partial charge in [-0.3, -0.25) is 9.97 Å². The molecule has 0 amide bonds. The van der Waals surface area contributed by atoms with Crippen LogP contribution < -0.4 is 0 Å². The number of rotatable bonds is 3. The quantitative estimate of drug-likeness (QED) is 0.575. The number of para-hydroxylation sites is 1. The molecule has 2 aromatic heterocycles. The van der Waals surface area contributed by atoms with Crippen molar-refractivity contribution in [3.8, 4) is 0 Å². The van der Waals surface area contributed by atoms with Crippen LogP contribution in [0.3, 0.4) is 0 Å². The Hall–Kier alpha value is -2.88. The summed E-state index contributed by atoms with van der Waals surface area (Å²) in [5.41, 5.74) is 5.29. The minimum atomic E-state index is 0.322. The Morgan fingerprint density at radius 1 is 0.913 bits per heavy atom. The Bertz CT molecular complexity index is 970. The van der Waals surface area contributed by atoms with Crippen molar-refractivity contribution in [1.82, 2.24) is 20.2 Å². The molecular formula is C19H16N4. The monoisotopic (exact) mass is 300 g/mol. The van der Waals surface area contributed by atoms with Crippen LogP contribution >= 0.6 is 0 Å². The van der Waals surface area contributed by atoms with E-state index in [4.69, 9.17) is 0 Å². The van der Waals surface area contributed by atoms with Crippen molar-refractivity contribution in [3.05, 3.63) is 72.2 Å². The van der Waals surface area contributed by atoms with E-state index < -0.39 is 0 Å².